The van der Waals surface area contributed by atoms with E-state index in [0.29, 0.717) is 31.6 Å². The monoisotopic (exact) mass is 301 g/mol. The van der Waals surface area contributed by atoms with Crippen molar-refractivity contribution in [1.29, 1.82) is 0 Å². The Labute approximate surface area is 118 Å². The summed E-state index contributed by atoms with van der Waals surface area (Å²) in [5.41, 5.74) is 0.358. The molecule has 0 atom stereocenters. The molecule has 0 aromatic carbocycles. The van der Waals surface area contributed by atoms with E-state index in [1.165, 1.54) is 6.92 Å². The van der Waals surface area contributed by atoms with Gasteiger partial charge in [-0.2, -0.15) is 0 Å². The number of aryl methyl sites for hydroxylation is 2. The van der Waals surface area contributed by atoms with Gasteiger partial charge in [0.2, 0.25) is 15.9 Å². The van der Waals surface area contributed by atoms with E-state index >= 15 is 0 Å². The molecule has 0 radical (unpaired) electrons. The van der Waals surface area contributed by atoms with Crippen molar-refractivity contribution in [3.63, 3.8) is 0 Å². The highest BCUT2D eigenvalue weighted by atomic mass is 32.2. The summed E-state index contributed by atoms with van der Waals surface area (Å²) >= 11 is 0. The number of piperidine rings is 1. The number of hydrogen-bond donors (Lipinski definition) is 1. The van der Waals surface area contributed by atoms with E-state index in [-0.39, 0.29) is 22.6 Å². The predicted octanol–water partition coefficient (Wildman–Crippen LogP) is 0.581. The third kappa shape index (κ3) is 3.01. The highest BCUT2D eigenvalue weighted by Gasteiger charge is 2.29. The largest absolute Gasteiger partial charge is 0.360 e. The number of rotatable bonds is 3. The molecule has 0 saturated carbocycles. The number of carbonyl (C=O) groups excluding carboxylic acids is 1. The fourth-order valence-corrected chi connectivity index (χ4v) is 4.08. The molecule has 1 aromatic heterocycles. The standard InChI is InChI=1S/C12H19N3O4S/c1-8-12(9(2)19-13-8)20(17,18)14-11-4-6-15(7-5-11)10(3)16/h11,14H,4-7H2,1-3H3. The van der Waals surface area contributed by atoms with Gasteiger partial charge in [0.15, 0.2) is 5.76 Å². The van der Waals surface area contributed by atoms with Crippen LogP contribution in [0.1, 0.15) is 31.2 Å². The summed E-state index contributed by atoms with van der Waals surface area (Å²) in [5.74, 6) is 0.313. The molecule has 1 saturated heterocycles. The van der Waals surface area contributed by atoms with Crippen LogP contribution in [0.15, 0.2) is 9.42 Å². The zero-order chi connectivity index (χ0) is 14.9. The van der Waals surface area contributed by atoms with Crippen molar-refractivity contribution in [1.82, 2.24) is 14.8 Å². The fourth-order valence-electron chi connectivity index (χ4n) is 2.45. The van der Waals surface area contributed by atoms with Gasteiger partial charge in [-0.1, -0.05) is 5.16 Å². The van der Waals surface area contributed by atoms with Crippen LogP contribution in [0.4, 0.5) is 0 Å². The quantitative estimate of drug-likeness (QED) is 0.881. The Balaban J connectivity index is 2.06. The van der Waals surface area contributed by atoms with E-state index in [1.807, 2.05) is 0 Å². The van der Waals surface area contributed by atoms with E-state index in [4.69, 9.17) is 4.52 Å². The summed E-state index contributed by atoms with van der Waals surface area (Å²) in [6.45, 7) is 5.85. The Hall–Kier alpha value is -1.41. The van der Waals surface area contributed by atoms with Gasteiger partial charge < -0.3 is 9.42 Å². The first kappa shape index (κ1) is 15.0. The van der Waals surface area contributed by atoms with Crippen molar-refractivity contribution in [2.75, 3.05) is 13.1 Å². The van der Waals surface area contributed by atoms with Crippen LogP contribution >= 0.6 is 0 Å². The van der Waals surface area contributed by atoms with Gasteiger partial charge in [-0.05, 0) is 26.7 Å². The number of aromatic nitrogens is 1. The summed E-state index contributed by atoms with van der Waals surface area (Å²) in [7, 11) is -3.63. The summed E-state index contributed by atoms with van der Waals surface area (Å²) in [6, 6.07) is -0.163. The Morgan fingerprint density at radius 1 is 1.35 bits per heavy atom. The maximum atomic E-state index is 12.3. The topological polar surface area (TPSA) is 92.5 Å². The number of likely N-dealkylation sites (tertiary alicyclic amines) is 1. The lowest BCUT2D eigenvalue weighted by atomic mass is 10.1. The van der Waals surface area contributed by atoms with Crippen molar-refractivity contribution >= 4 is 15.9 Å². The van der Waals surface area contributed by atoms with E-state index < -0.39 is 10.0 Å². The highest BCUT2D eigenvalue weighted by Crippen LogP contribution is 2.20. The van der Waals surface area contributed by atoms with Gasteiger partial charge in [0, 0.05) is 26.1 Å². The van der Waals surface area contributed by atoms with Crippen LogP contribution in [0.2, 0.25) is 0 Å². The van der Waals surface area contributed by atoms with Crippen LogP contribution in [-0.4, -0.2) is 43.5 Å². The Kier molecular flexibility index (Phi) is 4.14. The van der Waals surface area contributed by atoms with Crippen LogP contribution in [0.25, 0.3) is 0 Å². The molecule has 20 heavy (non-hydrogen) atoms. The van der Waals surface area contributed by atoms with Crippen molar-refractivity contribution in [2.45, 2.75) is 44.6 Å². The smallest absolute Gasteiger partial charge is 0.246 e. The molecule has 2 rings (SSSR count). The van der Waals surface area contributed by atoms with Crippen molar-refractivity contribution in [2.24, 2.45) is 0 Å². The molecule has 1 fully saturated rings. The first-order valence-corrected chi connectivity index (χ1v) is 8.00. The molecule has 7 nitrogen and oxygen atoms in total. The van der Waals surface area contributed by atoms with Crippen LogP contribution in [-0.2, 0) is 14.8 Å². The molecule has 1 aliphatic rings. The minimum absolute atomic E-state index is 0.0250. The van der Waals surface area contributed by atoms with Crippen LogP contribution in [0.3, 0.4) is 0 Å². The molecular formula is C12H19N3O4S. The minimum atomic E-state index is -3.63. The van der Waals surface area contributed by atoms with Crippen molar-refractivity contribution < 1.29 is 17.7 Å². The molecule has 1 N–H and O–H groups in total. The average molecular weight is 301 g/mol. The SMILES string of the molecule is CC(=O)N1CCC(NS(=O)(=O)c2c(C)noc2C)CC1. The Bertz CT molecular complexity index is 581. The number of carbonyl (C=O) groups is 1. The second-order valence-electron chi connectivity index (χ2n) is 5.05. The zero-order valence-electron chi connectivity index (χ0n) is 11.8. The van der Waals surface area contributed by atoms with Crippen molar-refractivity contribution in [3.05, 3.63) is 11.5 Å². The van der Waals surface area contributed by atoms with Gasteiger partial charge in [-0.25, -0.2) is 13.1 Å². The fraction of sp³-hybridized carbons (Fsp3) is 0.667. The van der Waals surface area contributed by atoms with Crippen LogP contribution in [0, 0.1) is 13.8 Å². The second kappa shape index (κ2) is 5.53. The molecule has 112 valence electrons. The number of nitrogens with one attached hydrogen (secondary N) is 1. The second-order valence-corrected chi connectivity index (χ2v) is 6.71. The summed E-state index contributed by atoms with van der Waals surface area (Å²) < 4.78 is 32.2. The average Bonchev–Trinajstić information content (AvgIpc) is 2.69. The first-order valence-electron chi connectivity index (χ1n) is 6.52. The number of hydrogen-bond acceptors (Lipinski definition) is 5. The number of amides is 1. The van der Waals surface area contributed by atoms with Gasteiger partial charge in [0.25, 0.3) is 0 Å². The third-order valence-electron chi connectivity index (χ3n) is 3.50. The molecule has 2 heterocycles. The van der Waals surface area contributed by atoms with E-state index in [0.717, 1.165) is 0 Å². The molecule has 1 aromatic rings. The van der Waals surface area contributed by atoms with Crippen LogP contribution < -0.4 is 4.72 Å². The normalized spacial score (nSPS) is 17.4. The lowest BCUT2D eigenvalue weighted by molar-refractivity contribution is -0.129. The Morgan fingerprint density at radius 3 is 2.40 bits per heavy atom. The van der Waals surface area contributed by atoms with E-state index in [1.54, 1.807) is 18.7 Å². The molecule has 0 aliphatic carbocycles. The lowest BCUT2D eigenvalue weighted by Crippen LogP contribution is -2.46. The minimum Gasteiger partial charge on any atom is -0.360 e. The highest BCUT2D eigenvalue weighted by molar-refractivity contribution is 7.89. The molecule has 0 spiro atoms. The zero-order valence-corrected chi connectivity index (χ0v) is 12.7. The summed E-state index contributed by atoms with van der Waals surface area (Å²) in [6.07, 6.45) is 1.23. The Morgan fingerprint density at radius 2 is 1.95 bits per heavy atom. The number of nitrogens with zero attached hydrogens (tertiary/aromatic N) is 2. The van der Waals surface area contributed by atoms with Crippen molar-refractivity contribution in [3.8, 4) is 0 Å². The first-order chi connectivity index (χ1) is 9.31. The van der Waals surface area contributed by atoms with Gasteiger partial charge in [0.05, 0.1) is 0 Å². The predicted molar refractivity (Wildman–Crippen MR) is 71.6 cm³/mol. The van der Waals surface area contributed by atoms with Gasteiger partial charge in [-0.3, -0.25) is 4.79 Å². The molecule has 1 aliphatic heterocycles. The van der Waals surface area contributed by atoms with E-state index in [2.05, 4.69) is 9.88 Å². The molecule has 0 bridgehead atoms. The number of sulfonamides is 1. The van der Waals surface area contributed by atoms with Crippen LogP contribution in [0.5, 0.6) is 0 Å². The molecule has 0 unspecified atom stereocenters. The van der Waals surface area contributed by atoms with Gasteiger partial charge in [-0.15, -0.1) is 0 Å². The summed E-state index contributed by atoms with van der Waals surface area (Å²) in [5, 5.41) is 3.66. The summed E-state index contributed by atoms with van der Waals surface area (Å²) in [4.78, 5) is 13.1. The third-order valence-corrected chi connectivity index (χ3v) is 5.26. The van der Waals surface area contributed by atoms with E-state index in [9.17, 15) is 13.2 Å². The molecular weight excluding hydrogens is 282 g/mol. The molecule has 1 amide bonds. The maximum absolute atomic E-state index is 12.3. The van der Waals surface area contributed by atoms with Gasteiger partial charge >= 0.3 is 0 Å². The molecule has 8 heteroatoms. The lowest BCUT2D eigenvalue weighted by Gasteiger charge is -2.31. The van der Waals surface area contributed by atoms with Gasteiger partial charge in [0.1, 0.15) is 10.6 Å². The maximum Gasteiger partial charge on any atom is 0.246 e.